The first-order valence-electron chi connectivity index (χ1n) is 10.9. The van der Waals surface area contributed by atoms with Gasteiger partial charge in [0.2, 0.25) is 0 Å². The number of rotatable bonds is 10. The number of nitrogens with zero attached hydrogens (tertiary/aromatic N) is 1. The second-order valence-electron chi connectivity index (χ2n) is 7.71. The highest BCUT2D eigenvalue weighted by Crippen LogP contribution is 2.29. The molecule has 0 N–H and O–H groups in total. The highest BCUT2D eigenvalue weighted by Gasteiger charge is 2.09. The van der Waals surface area contributed by atoms with Crippen LogP contribution in [0.3, 0.4) is 0 Å². The van der Waals surface area contributed by atoms with Crippen LogP contribution in [0.5, 0.6) is 17.2 Å². The van der Waals surface area contributed by atoms with Gasteiger partial charge >= 0.3 is 5.97 Å². The molecule has 0 radical (unpaired) electrons. The van der Waals surface area contributed by atoms with Gasteiger partial charge in [-0.15, -0.1) is 0 Å². The van der Waals surface area contributed by atoms with Crippen LogP contribution in [0.2, 0.25) is 5.02 Å². The van der Waals surface area contributed by atoms with E-state index in [2.05, 4.69) is 5.16 Å². The van der Waals surface area contributed by atoms with Crippen LogP contribution in [-0.2, 0) is 16.2 Å². The second-order valence-corrected chi connectivity index (χ2v) is 8.09. The van der Waals surface area contributed by atoms with E-state index in [-0.39, 0.29) is 6.61 Å². The number of hydrogen-bond acceptors (Lipinski definition) is 6. The molecule has 0 spiro atoms. The zero-order chi connectivity index (χ0) is 24.5. The van der Waals surface area contributed by atoms with Gasteiger partial charge in [-0.05, 0) is 80.3 Å². The minimum atomic E-state index is -0.621. The first-order valence-corrected chi connectivity index (χ1v) is 11.3. The Labute approximate surface area is 205 Å². The molecule has 0 aliphatic rings. The SMILES string of the molecule is CCOc1cc(/C=N/OC(=O)COc2cc(C)c(Cl)c(C)c2)ccc1OCc1ccccc1C. The predicted octanol–water partition coefficient (Wildman–Crippen LogP) is 6.20. The monoisotopic (exact) mass is 481 g/mol. The second kappa shape index (κ2) is 12.1. The van der Waals surface area contributed by atoms with E-state index >= 15 is 0 Å². The molecule has 0 aliphatic carbocycles. The van der Waals surface area contributed by atoms with Crippen LogP contribution in [0.1, 0.15) is 34.7 Å². The van der Waals surface area contributed by atoms with E-state index in [1.807, 2.05) is 58.0 Å². The molecule has 0 heterocycles. The van der Waals surface area contributed by atoms with Gasteiger partial charge in [-0.2, -0.15) is 0 Å². The molecule has 3 aromatic carbocycles. The van der Waals surface area contributed by atoms with Crippen molar-refractivity contribution in [1.29, 1.82) is 0 Å². The summed E-state index contributed by atoms with van der Waals surface area (Å²) < 4.78 is 17.2. The number of oxime groups is 1. The Bertz CT molecular complexity index is 1150. The van der Waals surface area contributed by atoms with Crippen LogP contribution in [0.15, 0.2) is 59.8 Å². The average molecular weight is 482 g/mol. The van der Waals surface area contributed by atoms with Crippen molar-refractivity contribution in [2.45, 2.75) is 34.3 Å². The summed E-state index contributed by atoms with van der Waals surface area (Å²) in [7, 11) is 0. The number of halogens is 1. The Morgan fingerprint density at radius 2 is 1.65 bits per heavy atom. The van der Waals surface area contributed by atoms with Crippen LogP contribution >= 0.6 is 11.6 Å². The number of aryl methyl sites for hydroxylation is 3. The fraction of sp³-hybridized carbons (Fsp3) is 0.259. The molecule has 34 heavy (non-hydrogen) atoms. The lowest BCUT2D eigenvalue weighted by molar-refractivity contribution is -0.145. The summed E-state index contributed by atoms with van der Waals surface area (Å²) in [6.07, 6.45) is 1.43. The summed E-state index contributed by atoms with van der Waals surface area (Å²) in [6.45, 7) is 8.35. The third kappa shape index (κ3) is 6.99. The maximum Gasteiger partial charge on any atom is 0.372 e. The lowest BCUT2D eigenvalue weighted by Gasteiger charge is -2.13. The number of benzene rings is 3. The fourth-order valence-electron chi connectivity index (χ4n) is 3.22. The molecule has 0 atom stereocenters. The number of carbonyl (C=O) groups excluding carboxylic acids is 1. The number of carbonyl (C=O) groups is 1. The van der Waals surface area contributed by atoms with Gasteiger partial charge < -0.3 is 19.0 Å². The Balaban J connectivity index is 1.56. The van der Waals surface area contributed by atoms with Crippen molar-refractivity contribution in [1.82, 2.24) is 0 Å². The summed E-state index contributed by atoms with van der Waals surface area (Å²) in [4.78, 5) is 16.9. The van der Waals surface area contributed by atoms with Gasteiger partial charge in [-0.3, -0.25) is 0 Å². The Morgan fingerprint density at radius 1 is 0.912 bits per heavy atom. The van der Waals surface area contributed by atoms with E-state index in [0.717, 1.165) is 22.3 Å². The van der Waals surface area contributed by atoms with E-state index in [4.69, 9.17) is 30.6 Å². The lowest BCUT2D eigenvalue weighted by Crippen LogP contribution is -2.12. The normalized spacial score (nSPS) is 10.9. The molecule has 0 aromatic heterocycles. The Morgan fingerprint density at radius 3 is 2.35 bits per heavy atom. The van der Waals surface area contributed by atoms with Gasteiger partial charge in [0.25, 0.3) is 0 Å². The number of hydrogen-bond donors (Lipinski definition) is 0. The first kappa shape index (κ1) is 25.1. The van der Waals surface area contributed by atoms with E-state index < -0.39 is 5.97 Å². The summed E-state index contributed by atoms with van der Waals surface area (Å²) in [5.74, 6) is 1.14. The summed E-state index contributed by atoms with van der Waals surface area (Å²) in [5, 5.41) is 4.45. The molecule has 0 amide bonds. The summed E-state index contributed by atoms with van der Waals surface area (Å²) in [6, 6.07) is 17.0. The van der Waals surface area contributed by atoms with E-state index in [0.29, 0.717) is 41.0 Å². The molecular weight excluding hydrogens is 454 g/mol. The average Bonchev–Trinajstić information content (AvgIpc) is 2.81. The van der Waals surface area contributed by atoms with Crippen molar-refractivity contribution in [2.24, 2.45) is 5.16 Å². The van der Waals surface area contributed by atoms with Gasteiger partial charge in [0, 0.05) is 10.6 Å². The Kier molecular flexibility index (Phi) is 8.93. The molecule has 0 fully saturated rings. The molecular formula is C27H28ClNO5. The lowest BCUT2D eigenvalue weighted by atomic mass is 10.1. The van der Waals surface area contributed by atoms with Crippen molar-refractivity contribution in [3.63, 3.8) is 0 Å². The van der Waals surface area contributed by atoms with Crippen molar-refractivity contribution in [3.8, 4) is 17.2 Å². The summed E-state index contributed by atoms with van der Waals surface area (Å²) >= 11 is 6.15. The minimum absolute atomic E-state index is 0.270. The van der Waals surface area contributed by atoms with Crippen LogP contribution in [0.4, 0.5) is 0 Å². The maximum absolute atomic E-state index is 12.0. The minimum Gasteiger partial charge on any atom is -0.490 e. The van der Waals surface area contributed by atoms with Gasteiger partial charge in [0.05, 0.1) is 12.8 Å². The van der Waals surface area contributed by atoms with E-state index in [9.17, 15) is 4.79 Å². The summed E-state index contributed by atoms with van der Waals surface area (Å²) in [5.41, 5.74) is 4.72. The van der Waals surface area contributed by atoms with Crippen molar-refractivity contribution >= 4 is 23.8 Å². The molecule has 3 aromatic rings. The molecule has 6 nitrogen and oxygen atoms in total. The van der Waals surface area contributed by atoms with E-state index in [1.165, 1.54) is 6.21 Å². The molecule has 0 saturated carbocycles. The van der Waals surface area contributed by atoms with Crippen LogP contribution in [-0.4, -0.2) is 25.4 Å². The smallest absolute Gasteiger partial charge is 0.372 e. The van der Waals surface area contributed by atoms with Crippen LogP contribution in [0.25, 0.3) is 0 Å². The zero-order valence-corrected chi connectivity index (χ0v) is 20.5. The van der Waals surface area contributed by atoms with Crippen molar-refractivity contribution in [2.75, 3.05) is 13.2 Å². The predicted molar refractivity (Wildman–Crippen MR) is 133 cm³/mol. The Hall–Kier alpha value is -3.51. The molecule has 3 rings (SSSR count). The van der Waals surface area contributed by atoms with Crippen LogP contribution < -0.4 is 14.2 Å². The topological polar surface area (TPSA) is 66.4 Å². The molecule has 0 bridgehead atoms. The highest BCUT2D eigenvalue weighted by molar-refractivity contribution is 6.32. The van der Waals surface area contributed by atoms with E-state index in [1.54, 1.807) is 24.3 Å². The number of ether oxygens (including phenoxy) is 3. The van der Waals surface area contributed by atoms with Gasteiger partial charge in [-0.25, -0.2) is 4.79 Å². The third-order valence-corrected chi connectivity index (χ3v) is 5.63. The van der Waals surface area contributed by atoms with Crippen LogP contribution in [0, 0.1) is 20.8 Å². The highest BCUT2D eigenvalue weighted by atomic mass is 35.5. The largest absolute Gasteiger partial charge is 0.490 e. The molecule has 0 saturated heterocycles. The van der Waals surface area contributed by atoms with Crippen molar-refractivity contribution in [3.05, 3.63) is 87.4 Å². The maximum atomic E-state index is 12.0. The quantitative estimate of drug-likeness (QED) is 0.196. The standard InChI is InChI=1S/C27H28ClNO5/c1-5-31-25-14-21(10-11-24(25)33-16-22-9-7-6-8-18(22)2)15-29-34-26(30)17-32-23-12-19(3)27(28)20(4)13-23/h6-15H,5,16-17H2,1-4H3/b29-15+. The molecule has 0 unspecified atom stereocenters. The van der Waals surface area contributed by atoms with Crippen molar-refractivity contribution < 1.29 is 23.8 Å². The third-order valence-electron chi connectivity index (χ3n) is 5.03. The first-order chi connectivity index (χ1) is 16.4. The molecule has 0 aliphatic heterocycles. The van der Waals surface area contributed by atoms with Gasteiger partial charge in [0.15, 0.2) is 18.1 Å². The molecule has 7 heteroatoms. The van der Waals surface area contributed by atoms with Gasteiger partial charge in [-0.1, -0.05) is 41.0 Å². The fourth-order valence-corrected chi connectivity index (χ4v) is 3.33. The zero-order valence-electron chi connectivity index (χ0n) is 19.8. The van der Waals surface area contributed by atoms with Gasteiger partial charge in [0.1, 0.15) is 12.4 Å². The molecule has 178 valence electrons.